The zero-order valence-corrected chi connectivity index (χ0v) is 13.4. The summed E-state index contributed by atoms with van der Waals surface area (Å²) < 4.78 is 51.4. The number of carboxylic acid groups (broad SMARTS) is 1. The maximum absolute atomic E-state index is 12.9. The number of hydrogen-bond donors (Lipinski definition) is 2. The largest absolute Gasteiger partial charge is 0.481 e. The maximum atomic E-state index is 12.9. The van der Waals surface area contributed by atoms with E-state index in [4.69, 9.17) is 0 Å². The highest BCUT2D eigenvalue weighted by Crippen LogP contribution is 2.39. The lowest BCUT2D eigenvalue weighted by molar-refractivity contribution is -0.186. The lowest BCUT2D eigenvalue weighted by Gasteiger charge is -2.30. The van der Waals surface area contributed by atoms with Crippen LogP contribution in [0.3, 0.4) is 0 Å². The SMILES string of the molecule is O=C(NCC(C(=O)O)c1ccc(F)cc1)C1CCCC(C(F)(F)F)C1. The number of hydrogen-bond acceptors (Lipinski definition) is 2. The molecule has 3 unspecified atom stereocenters. The minimum absolute atomic E-state index is 0.0145. The van der Waals surface area contributed by atoms with Gasteiger partial charge in [-0.1, -0.05) is 18.6 Å². The molecule has 0 heterocycles. The molecule has 0 aromatic heterocycles. The summed E-state index contributed by atoms with van der Waals surface area (Å²) in [7, 11) is 0. The van der Waals surface area contributed by atoms with Crippen LogP contribution in [-0.4, -0.2) is 29.7 Å². The van der Waals surface area contributed by atoms with Crippen LogP contribution in [0.15, 0.2) is 24.3 Å². The van der Waals surface area contributed by atoms with Gasteiger partial charge in [-0.25, -0.2) is 4.39 Å². The van der Waals surface area contributed by atoms with Gasteiger partial charge in [0.25, 0.3) is 0 Å². The van der Waals surface area contributed by atoms with Gasteiger partial charge >= 0.3 is 12.1 Å². The molecule has 0 aliphatic heterocycles. The van der Waals surface area contributed by atoms with Crippen LogP contribution in [-0.2, 0) is 9.59 Å². The highest BCUT2D eigenvalue weighted by Gasteiger charge is 2.43. The van der Waals surface area contributed by atoms with Gasteiger partial charge in [0, 0.05) is 12.5 Å². The number of alkyl halides is 3. The number of amides is 1. The third-order valence-electron chi connectivity index (χ3n) is 4.56. The Morgan fingerprint density at radius 1 is 1.20 bits per heavy atom. The van der Waals surface area contributed by atoms with Crippen molar-refractivity contribution in [3.8, 4) is 0 Å². The van der Waals surface area contributed by atoms with Crippen molar-refractivity contribution in [1.29, 1.82) is 0 Å². The fraction of sp³-hybridized carbons (Fsp3) is 0.529. The van der Waals surface area contributed by atoms with Gasteiger partial charge in [0.05, 0.1) is 11.8 Å². The van der Waals surface area contributed by atoms with Crippen molar-refractivity contribution in [3.05, 3.63) is 35.6 Å². The molecule has 4 nitrogen and oxygen atoms in total. The van der Waals surface area contributed by atoms with E-state index in [1.165, 1.54) is 12.1 Å². The van der Waals surface area contributed by atoms with Crippen molar-refractivity contribution in [2.24, 2.45) is 11.8 Å². The van der Waals surface area contributed by atoms with Crippen LogP contribution in [0.5, 0.6) is 0 Å². The van der Waals surface area contributed by atoms with E-state index in [1.807, 2.05) is 0 Å². The zero-order chi connectivity index (χ0) is 18.6. The standard InChI is InChI=1S/C17H19F4NO3/c18-13-6-4-10(5-7-13)14(16(24)25)9-22-15(23)11-2-1-3-12(8-11)17(19,20)21/h4-7,11-12,14H,1-3,8-9H2,(H,22,23)(H,24,25). The summed E-state index contributed by atoms with van der Waals surface area (Å²) in [6.07, 6.45) is -3.92. The molecule has 1 amide bonds. The number of benzene rings is 1. The molecule has 1 aromatic carbocycles. The van der Waals surface area contributed by atoms with E-state index >= 15 is 0 Å². The molecule has 1 aromatic rings. The molecule has 0 saturated heterocycles. The number of halogens is 4. The average molecular weight is 361 g/mol. The van der Waals surface area contributed by atoms with Crippen LogP contribution in [0.1, 0.15) is 37.2 Å². The fourth-order valence-corrected chi connectivity index (χ4v) is 3.12. The molecule has 0 spiro atoms. The minimum atomic E-state index is -4.32. The fourth-order valence-electron chi connectivity index (χ4n) is 3.12. The second-order valence-corrected chi connectivity index (χ2v) is 6.29. The predicted molar refractivity (Wildman–Crippen MR) is 81.3 cm³/mol. The van der Waals surface area contributed by atoms with Crippen molar-refractivity contribution in [1.82, 2.24) is 5.32 Å². The third kappa shape index (κ3) is 5.17. The van der Waals surface area contributed by atoms with Gasteiger partial charge in [-0.3, -0.25) is 9.59 Å². The minimum Gasteiger partial charge on any atom is -0.481 e. The number of carboxylic acids is 1. The maximum Gasteiger partial charge on any atom is 0.391 e. The summed E-state index contributed by atoms with van der Waals surface area (Å²) in [6.45, 7) is -0.257. The van der Waals surface area contributed by atoms with Crippen molar-refractivity contribution in [2.75, 3.05) is 6.54 Å². The molecule has 8 heteroatoms. The summed E-state index contributed by atoms with van der Waals surface area (Å²) in [5.41, 5.74) is 0.311. The number of aliphatic carboxylic acids is 1. The van der Waals surface area contributed by atoms with Crippen molar-refractivity contribution >= 4 is 11.9 Å². The van der Waals surface area contributed by atoms with Crippen molar-refractivity contribution < 1.29 is 32.3 Å². The monoisotopic (exact) mass is 361 g/mol. The summed E-state index contributed by atoms with van der Waals surface area (Å²) in [5, 5.41) is 11.7. The van der Waals surface area contributed by atoms with Gasteiger partial charge in [0.1, 0.15) is 5.82 Å². The van der Waals surface area contributed by atoms with Crippen molar-refractivity contribution in [3.63, 3.8) is 0 Å². The van der Waals surface area contributed by atoms with Crippen LogP contribution < -0.4 is 5.32 Å². The average Bonchev–Trinajstić information content (AvgIpc) is 2.55. The highest BCUT2D eigenvalue weighted by atomic mass is 19.4. The van der Waals surface area contributed by atoms with Gasteiger partial charge in [-0.15, -0.1) is 0 Å². The van der Waals surface area contributed by atoms with Gasteiger partial charge in [0.2, 0.25) is 5.91 Å². The lowest BCUT2D eigenvalue weighted by atomic mass is 9.80. The molecular formula is C17H19F4NO3. The normalized spacial score (nSPS) is 22.2. The Morgan fingerprint density at radius 3 is 2.40 bits per heavy atom. The Morgan fingerprint density at radius 2 is 1.84 bits per heavy atom. The Bertz CT molecular complexity index is 615. The topological polar surface area (TPSA) is 66.4 Å². The molecule has 1 aliphatic rings. The van der Waals surface area contributed by atoms with E-state index in [2.05, 4.69) is 5.32 Å². The zero-order valence-electron chi connectivity index (χ0n) is 13.4. The summed E-state index contributed by atoms with van der Waals surface area (Å²) in [5.74, 6) is -5.65. The smallest absolute Gasteiger partial charge is 0.391 e. The highest BCUT2D eigenvalue weighted by molar-refractivity contribution is 5.81. The molecular weight excluding hydrogens is 342 g/mol. The molecule has 2 rings (SSSR count). The summed E-state index contributed by atoms with van der Waals surface area (Å²) >= 11 is 0. The molecule has 2 N–H and O–H groups in total. The predicted octanol–water partition coefficient (Wildman–Crippen LogP) is 3.48. The Balaban J connectivity index is 1.97. The second kappa shape index (κ2) is 7.84. The molecule has 1 aliphatic carbocycles. The molecule has 1 saturated carbocycles. The van der Waals surface area contributed by atoms with E-state index in [0.29, 0.717) is 18.4 Å². The van der Waals surface area contributed by atoms with E-state index in [-0.39, 0.29) is 19.4 Å². The van der Waals surface area contributed by atoms with Gasteiger partial charge < -0.3 is 10.4 Å². The Kier molecular flexibility index (Phi) is 6.02. The molecule has 3 atom stereocenters. The van der Waals surface area contributed by atoms with Crippen LogP contribution in [0.25, 0.3) is 0 Å². The molecule has 25 heavy (non-hydrogen) atoms. The number of carbonyl (C=O) groups is 2. The van der Waals surface area contributed by atoms with Crippen LogP contribution in [0.4, 0.5) is 17.6 Å². The number of nitrogens with one attached hydrogen (secondary N) is 1. The van der Waals surface area contributed by atoms with Gasteiger partial charge in [0.15, 0.2) is 0 Å². The van der Waals surface area contributed by atoms with Gasteiger partial charge in [-0.05, 0) is 37.0 Å². The number of rotatable bonds is 5. The van der Waals surface area contributed by atoms with Crippen LogP contribution in [0.2, 0.25) is 0 Å². The first-order valence-electron chi connectivity index (χ1n) is 8.01. The first-order chi connectivity index (χ1) is 11.7. The van der Waals surface area contributed by atoms with Crippen LogP contribution in [0, 0.1) is 17.7 Å². The molecule has 0 radical (unpaired) electrons. The van der Waals surface area contributed by atoms with E-state index in [1.54, 1.807) is 0 Å². The third-order valence-corrected chi connectivity index (χ3v) is 4.56. The van der Waals surface area contributed by atoms with E-state index < -0.39 is 41.6 Å². The van der Waals surface area contributed by atoms with E-state index in [0.717, 1.165) is 12.1 Å². The quantitative estimate of drug-likeness (QED) is 0.789. The van der Waals surface area contributed by atoms with Crippen molar-refractivity contribution in [2.45, 2.75) is 37.8 Å². The molecule has 1 fully saturated rings. The van der Waals surface area contributed by atoms with Crippen LogP contribution >= 0.6 is 0 Å². The Hall–Kier alpha value is -2.12. The summed E-state index contributed by atoms with van der Waals surface area (Å²) in [4.78, 5) is 23.5. The molecule has 0 bridgehead atoms. The number of carbonyl (C=O) groups excluding carboxylic acids is 1. The first kappa shape index (κ1) is 19.2. The van der Waals surface area contributed by atoms with Gasteiger partial charge in [-0.2, -0.15) is 13.2 Å². The summed E-state index contributed by atoms with van der Waals surface area (Å²) in [6, 6.07) is 4.84. The molecule has 138 valence electrons. The Labute approximate surface area is 142 Å². The lowest BCUT2D eigenvalue weighted by Crippen LogP contribution is -2.39. The second-order valence-electron chi connectivity index (χ2n) is 6.29. The first-order valence-corrected chi connectivity index (χ1v) is 8.01. The van der Waals surface area contributed by atoms with E-state index in [9.17, 15) is 32.3 Å².